The Morgan fingerprint density at radius 2 is 2.08 bits per heavy atom. The predicted molar refractivity (Wildman–Crippen MR) is 84.8 cm³/mol. The van der Waals surface area contributed by atoms with Crippen LogP contribution >= 0.6 is 0 Å². The summed E-state index contributed by atoms with van der Waals surface area (Å²) in [7, 11) is 0. The number of nitrogens with zero attached hydrogens (tertiary/aromatic N) is 4. The van der Waals surface area contributed by atoms with Gasteiger partial charge in [-0.3, -0.25) is 0 Å². The molecule has 1 saturated heterocycles. The fourth-order valence-corrected chi connectivity index (χ4v) is 2.66. The van der Waals surface area contributed by atoms with E-state index in [0.29, 0.717) is 25.6 Å². The Hall–Kier alpha value is -2.38. The molecule has 128 valence electrons. The van der Waals surface area contributed by atoms with E-state index < -0.39 is 11.9 Å². The van der Waals surface area contributed by atoms with Gasteiger partial charge >= 0.3 is 6.18 Å². The third-order valence-corrected chi connectivity index (χ3v) is 3.99. The molecule has 24 heavy (non-hydrogen) atoms. The summed E-state index contributed by atoms with van der Waals surface area (Å²) in [6.45, 7) is 3.96. The summed E-state index contributed by atoms with van der Waals surface area (Å²) >= 11 is 0. The molecule has 5 nitrogen and oxygen atoms in total. The SMILES string of the molecule is Cc1ccc(NC[C@@H]2CCN(c3nccc(C(F)(F)F)n3)C2)nc1. The van der Waals surface area contributed by atoms with Crippen LogP contribution in [-0.4, -0.2) is 34.6 Å². The van der Waals surface area contributed by atoms with Crippen molar-refractivity contribution in [2.75, 3.05) is 29.9 Å². The minimum atomic E-state index is -4.45. The number of pyridine rings is 1. The van der Waals surface area contributed by atoms with Gasteiger partial charge in [-0.2, -0.15) is 13.2 Å². The van der Waals surface area contributed by atoms with Gasteiger partial charge in [0.15, 0.2) is 0 Å². The molecule has 1 aliphatic heterocycles. The lowest BCUT2D eigenvalue weighted by Gasteiger charge is -2.17. The Bertz CT molecular complexity index is 687. The molecule has 0 unspecified atom stereocenters. The third-order valence-electron chi connectivity index (χ3n) is 3.99. The van der Waals surface area contributed by atoms with Gasteiger partial charge in [0.25, 0.3) is 0 Å². The second kappa shape index (κ2) is 6.62. The van der Waals surface area contributed by atoms with E-state index in [1.54, 1.807) is 11.1 Å². The minimum absolute atomic E-state index is 0.140. The smallest absolute Gasteiger partial charge is 0.370 e. The summed E-state index contributed by atoms with van der Waals surface area (Å²) in [5.74, 6) is 1.25. The molecule has 2 aromatic rings. The molecule has 1 fully saturated rings. The van der Waals surface area contributed by atoms with Gasteiger partial charge in [0.1, 0.15) is 11.5 Å². The van der Waals surface area contributed by atoms with Gasteiger partial charge in [-0.05, 0) is 37.0 Å². The van der Waals surface area contributed by atoms with Crippen LogP contribution in [0.4, 0.5) is 24.9 Å². The summed E-state index contributed by atoms with van der Waals surface area (Å²) in [5, 5.41) is 3.26. The van der Waals surface area contributed by atoms with Crippen LogP contribution in [0.3, 0.4) is 0 Å². The average Bonchev–Trinajstić information content (AvgIpc) is 3.03. The Kier molecular flexibility index (Phi) is 4.55. The molecule has 1 N–H and O–H groups in total. The van der Waals surface area contributed by atoms with E-state index in [-0.39, 0.29) is 5.95 Å². The molecular formula is C16H18F3N5. The normalized spacial score (nSPS) is 18.0. The van der Waals surface area contributed by atoms with Gasteiger partial charge in [-0.15, -0.1) is 0 Å². The monoisotopic (exact) mass is 337 g/mol. The molecule has 0 amide bonds. The average molecular weight is 337 g/mol. The largest absolute Gasteiger partial charge is 0.433 e. The molecule has 0 aromatic carbocycles. The van der Waals surface area contributed by atoms with Crippen LogP contribution in [0.15, 0.2) is 30.6 Å². The van der Waals surface area contributed by atoms with Gasteiger partial charge in [0.2, 0.25) is 5.95 Å². The van der Waals surface area contributed by atoms with E-state index in [4.69, 9.17) is 0 Å². The zero-order valence-corrected chi connectivity index (χ0v) is 13.2. The van der Waals surface area contributed by atoms with Crippen LogP contribution < -0.4 is 10.2 Å². The Morgan fingerprint density at radius 1 is 1.25 bits per heavy atom. The topological polar surface area (TPSA) is 53.9 Å². The maximum absolute atomic E-state index is 12.7. The van der Waals surface area contributed by atoms with Gasteiger partial charge < -0.3 is 10.2 Å². The molecule has 3 rings (SSSR count). The second-order valence-corrected chi connectivity index (χ2v) is 5.94. The first-order valence-electron chi connectivity index (χ1n) is 7.73. The maximum atomic E-state index is 12.7. The van der Waals surface area contributed by atoms with Crippen LogP contribution in [0.5, 0.6) is 0 Å². The van der Waals surface area contributed by atoms with Crippen LogP contribution in [0.25, 0.3) is 0 Å². The molecule has 0 radical (unpaired) electrons. The lowest BCUT2D eigenvalue weighted by Crippen LogP contribution is -2.25. The summed E-state index contributed by atoms with van der Waals surface area (Å²) in [5.41, 5.74) is 0.187. The van der Waals surface area contributed by atoms with Crippen molar-refractivity contribution in [3.63, 3.8) is 0 Å². The minimum Gasteiger partial charge on any atom is -0.370 e. The summed E-state index contributed by atoms with van der Waals surface area (Å²) in [6.07, 6.45) is -0.624. The number of hydrogen-bond donors (Lipinski definition) is 1. The highest BCUT2D eigenvalue weighted by Crippen LogP contribution is 2.29. The molecule has 2 aromatic heterocycles. The van der Waals surface area contributed by atoms with Crippen molar-refractivity contribution in [2.24, 2.45) is 5.92 Å². The number of halogens is 3. The predicted octanol–water partition coefficient (Wildman–Crippen LogP) is 3.14. The van der Waals surface area contributed by atoms with E-state index in [0.717, 1.165) is 30.1 Å². The van der Waals surface area contributed by atoms with E-state index in [2.05, 4.69) is 20.3 Å². The first-order valence-corrected chi connectivity index (χ1v) is 7.73. The molecule has 1 aliphatic rings. The fraction of sp³-hybridized carbons (Fsp3) is 0.438. The van der Waals surface area contributed by atoms with E-state index >= 15 is 0 Å². The standard InChI is InChI=1S/C16H18F3N5/c1-11-2-3-14(21-8-11)22-9-12-5-7-24(10-12)15-20-6-4-13(23-15)16(17,18)19/h2-4,6,8,12H,5,7,9-10H2,1H3,(H,21,22)/t12-/m0/s1. The highest BCUT2D eigenvalue weighted by Gasteiger charge is 2.34. The maximum Gasteiger partial charge on any atom is 0.433 e. The van der Waals surface area contributed by atoms with Crippen molar-refractivity contribution >= 4 is 11.8 Å². The van der Waals surface area contributed by atoms with E-state index in [9.17, 15) is 13.2 Å². The van der Waals surface area contributed by atoms with Crippen molar-refractivity contribution in [3.05, 3.63) is 41.9 Å². The molecule has 0 aliphatic carbocycles. The summed E-state index contributed by atoms with van der Waals surface area (Å²) < 4.78 is 38.2. The lowest BCUT2D eigenvalue weighted by molar-refractivity contribution is -0.141. The zero-order valence-electron chi connectivity index (χ0n) is 13.2. The Balaban J connectivity index is 1.58. The number of alkyl halides is 3. The van der Waals surface area contributed by atoms with Crippen LogP contribution in [0.1, 0.15) is 17.7 Å². The Morgan fingerprint density at radius 3 is 2.79 bits per heavy atom. The molecule has 8 heteroatoms. The van der Waals surface area contributed by atoms with Gasteiger partial charge in [0.05, 0.1) is 0 Å². The molecule has 3 heterocycles. The van der Waals surface area contributed by atoms with Crippen LogP contribution in [0, 0.1) is 12.8 Å². The molecule has 1 atom stereocenters. The molecule has 0 saturated carbocycles. The van der Waals surface area contributed by atoms with E-state index in [1.165, 1.54) is 0 Å². The number of hydrogen-bond acceptors (Lipinski definition) is 5. The number of aromatic nitrogens is 3. The third kappa shape index (κ3) is 3.93. The molecule has 0 spiro atoms. The van der Waals surface area contributed by atoms with Gasteiger partial charge in [-0.1, -0.05) is 6.07 Å². The number of nitrogens with one attached hydrogen (secondary N) is 1. The highest BCUT2D eigenvalue weighted by atomic mass is 19.4. The first-order chi connectivity index (χ1) is 11.4. The lowest BCUT2D eigenvalue weighted by atomic mass is 10.1. The van der Waals surface area contributed by atoms with Crippen molar-refractivity contribution in [1.82, 2.24) is 15.0 Å². The van der Waals surface area contributed by atoms with Crippen molar-refractivity contribution in [2.45, 2.75) is 19.5 Å². The van der Waals surface area contributed by atoms with Gasteiger partial charge in [-0.25, -0.2) is 15.0 Å². The summed E-state index contributed by atoms with van der Waals surface area (Å²) in [4.78, 5) is 13.7. The number of aryl methyl sites for hydroxylation is 1. The second-order valence-electron chi connectivity index (χ2n) is 5.94. The Labute approximate surface area is 138 Å². The van der Waals surface area contributed by atoms with E-state index in [1.807, 2.05) is 19.1 Å². The highest BCUT2D eigenvalue weighted by molar-refractivity contribution is 5.36. The first kappa shape index (κ1) is 16.5. The fourth-order valence-electron chi connectivity index (χ4n) is 2.66. The quantitative estimate of drug-likeness (QED) is 0.929. The van der Waals surface area contributed by atoms with Crippen LogP contribution in [0.2, 0.25) is 0 Å². The number of anilines is 2. The van der Waals surface area contributed by atoms with Gasteiger partial charge in [0, 0.05) is 32.0 Å². The van der Waals surface area contributed by atoms with Crippen LogP contribution in [-0.2, 0) is 6.18 Å². The summed E-state index contributed by atoms with van der Waals surface area (Å²) in [6, 6.07) is 4.78. The van der Waals surface area contributed by atoms with Crippen molar-refractivity contribution < 1.29 is 13.2 Å². The molecule has 0 bridgehead atoms. The van der Waals surface area contributed by atoms with Crippen molar-refractivity contribution in [3.8, 4) is 0 Å². The molecular weight excluding hydrogens is 319 g/mol. The zero-order chi connectivity index (χ0) is 17.2. The number of rotatable bonds is 4. The van der Waals surface area contributed by atoms with Crippen molar-refractivity contribution in [1.29, 1.82) is 0 Å².